The molecule has 2 heterocycles. The summed E-state index contributed by atoms with van der Waals surface area (Å²) >= 11 is 0. The van der Waals surface area contributed by atoms with Gasteiger partial charge in [-0.15, -0.1) is 0 Å². The first-order chi connectivity index (χ1) is 15.9. The molecule has 0 radical (unpaired) electrons. The first-order valence-corrected chi connectivity index (χ1v) is 10.8. The summed E-state index contributed by atoms with van der Waals surface area (Å²) in [6, 6.07) is 31.6. The Balaban J connectivity index is 1.34. The van der Waals surface area contributed by atoms with Gasteiger partial charge in [0.05, 0.1) is 24.5 Å². The average Bonchev–Trinajstić information content (AvgIpc) is 3.55. The Morgan fingerprint density at radius 1 is 0.781 bits per heavy atom. The zero-order valence-electron chi connectivity index (χ0n) is 17.7. The van der Waals surface area contributed by atoms with Crippen LogP contribution in [0.2, 0.25) is 0 Å². The third kappa shape index (κ3) is 4.53. The molecule has 0 aliphatic rings. The maximum atomic E-state index is 4.38. The molecule has 0 bridgehead atoms. The smallest absolute Gasteiger partial charge is 0.0695 e. The maximum absolute atomic E-state index is 4.38. The van der Waals surface area contributed by atoms with E-state index in [4.69, 9.17) is 0 Å². The fourth-order valence-corrected chi connectivity index (χ4v) is 3.96. The molecule has 3 aromatic carbocycles. The lowest BCUT2D eigenvalue weighted by atomic mass is 10.0. The van der Waals surface area contributed by atoms with Gasteiger partial charge in [0.2, 0.25) is 0 Å². The highest BCUT2D eigenvalue weighted by Gasteiger charge is 2.14. The van der Waals surface area contributed by atoms with Crippen LogP contribution in [0.5, 0.6) is 0 Å². The number of aromatic nitrogens is 4. The van der Waals surface area contributed by atoms with E-state index in [1.54, 1.807) is 0 Å². The molecular formula is C27H25N5. The lowest BCUT2D eigenvalue weighted by Gasteiger charge is -2.19. The van der Waals surface area contributed by atoms with E-state index < -0.39 is 0 Å². The Bertz CT molecular complexity index is 1230. The Kier molecular flexibility index (Phi) is 5.90. The molecule has 0 saturated carbocycles. The van der Waals surface area contributed by atoms with Crippen molar-refractivity contribution in [3.8, 4) is 22.4 Å². The monoisotopic (exact) mass is 419 g/mol. The molecule has 0 saturated heterocycles. The molecular weight excluding hydrogens is 394 g/mol. The molecule has 0 fully saturated rings. The molecule has 5 rings (SSSR count). The molecule has 0 aliphatic heterocycles. The highest BCUT2D eigenvalue weighted by atomic mass is 15.3. The molecule has 0 spiro atoms. The number of benzene rings is 3. The maximum Gasteiger partial charge on any atom is 0.0695 e. The van der Waals surface area contributed by atoms with Gasteiger partial charge < -0.3 is 5.32 Å². The van der Waals surface area contributed by atoms with Crippen LogP contribution in [-0.4, -0.2) is 20.0 Å². The zero-order valence-corrected chi connectivity index (χ0v) is 17.7. The molecule has 2 aromatic heterocycles. The van der Waals surface area contributed by atoms with Crippen molar-refractivity contribution >= 4 is 0 Å². The second kappa shape index (κ2) is 9.45. The predicted molar refractivity (Wildman–Crippen MR) is 128 cm³/mol. The molecule has 1 atom stereocenters. The van der Waals surface area contributed by atoms with E-state index in [-0.39, 0.29) is 6.04 Å². The summed E-state index contributed by atoms with van der Waals surface area (Å²) in [6.07, 6.45) is 5.72. The van der Waals surface area contributed by atoms with E-state index in [0.717, 1.165) is 23.4 Å². The average molecular weight is 420 g/mol. The molecule has 5 heteroatoms. The topological polar surface area (TPSA) is 58.5 Å². The highest BCUT2D eigenvalue weighted by molar-refractivity contribution is 5.69. The Morgan fingerprint density at radius 3 is 2.19 bits per heavy atom. The fourth-order valence-electron chi connectivity index (χ4n) is 3.96. The summed E-state index contributed by atoms with van der Waals surface area (Å²) in [5.41, 5.74) is 6.97. The largest absolute Gasteiger partial charge is 0.304 e. The molecule has 0 amide bonds. The minimum absolute atomic E-state index is 0.138. The van der Waals surface area contributed by atoms with Crippen LogP contribution >= 0.6 is 0 Å². The second-order valence-corrected chi connectivity index (χ2v) is 7.79. The van der Waals surface area contributed by atoms with Crippen molar-refractivity contribution in [1.29, 1.82) is 0 Å². The van der Waals surface area contributed by atoms with Crippen LogP contribution in [-0.2, 0) is 13.1 Å². The van der Waals surface area contributed by atoms with Crippen molar-refractivity contribution in [2.75, 3.05) is 0 Å². The number of aromatic amines is 1. The number of hydrogen-bond donors (Lipinski definition) is 2. The van der Waals surface area contributed by atoms with Crippen molar-refractivity contribution < 1.29 is 0 Å². The van der Waals surface area contributed by atoms with Crippen LogP contribution in [0.1, 0.15) is 17.2 Å². The van der Waals surface area contributed by atoms with Gasteiger partial charge >= 0.3 is 0 Å². The van der Waals surface area contributed by atoms with E-state index in [9.17, 15) is 0 Å². The molecule has 32 heavy (non-hydrogen) atoms. The third-order valence-corrected chi connectivity index (χ3v) is 5.67. The number of H-pyrrole nitrogens is 1. The molecule has 158 valence electrons. The van der Waals surface area contributed by atoms with Gasteiger partial charge in [0.25, 0.3) is 0 Å². The Morgan fingerprint density at radius 2 is 1.47 bits per heavy atom. The van der Waals surface area contributed by atoms with Gasteiger partial charge in [-0.05, 0) is 28.3 Å². The summed E-state index contributed by atoms with van der Waals surface area (Å²) in [7, 11) is 0. The van der Waals surface area contributed by atoms with Crippen LogP contribution in [0, 0.1) is 0 Å². The molecule has 2 N–H and O–H groups in total. The SMILES string of the molecule is c1ccc(-c2ccc(-c3[nH]ncc3CN[C@@H](Cn3cccn3)c3ccccc3)cc2)cc1. The fraction of sp³-hybridized carbons (Fsp3) is 0.111. The standard InChI is InChI=1S/C27H25N5/c1-3-8-21(9-4-1)22-12-14-24(15-13-22)27-25(19-29-31-27)18-28-26(20-32-17-7-16-30-32)23-10-5-2-6-11-23/h1-17,19,26,28H,18,20H2,(H,29,31)/t26-/m0/s1. The summed E-state index contributed by atoms with van der Waals surface area (Å²) in [4.78, 5) is 0. The van der Waals surface area contributed by atoms with E-state index in [1.165, 1.54) is 16.7 Å². The van der Waals surface area contributed by atoms with E-state index in [2.05, 4.69) is 93.4 Å². The zero-order chi connectivity index (χ0) is 21.6. The van der Waals surface area contributed by atoms with E-state index in [1.807, 2.05) is 41.5 Å². The predicted octanol–water partition coefficient (Wildman–Crippen LogP) is 5.47. The first-order valence-electron chi connectivity index (χ1n) is 10.8. The Hall–Kier alpha value is -3.96. The van der Waals surface area contributed by atoms with Crippen LogP contribution in [0.25, 0.3) is 22.4 Å². The van der Waals surface area contributed by atoms with Crippen LogP contribution in [0.4, 0.5) is 0 Å². The van der Waals surface area contributed by atoms with Gasteiger partial charge in [0.1, 0.15) is 0 Å². The molecule has 0 aliphatic carbocycles. The lowest BCUT2D eigenvalue weighted by Crippen LogP contribution is -2.25. The minimum atomic E-state index is 0.138. The van der Waals surface area contributed by atoms with Gasteiger partial charge in [0.15, 0.2) is 0 Å². The quantitative estimate of drug-likeness (QED) is 0.351. The molecule has 5 nitrogen and oxygen atoms in total. The van der Waals surface area contributed by atoms with Crippen molar-refractivity contribution in [2.24, 2.45) is 0 Å². The Labute approximate surface area is 187 Å². The van der Waals surface area contributed by atoms with E-state index in [0.29, 0.717) is 6.54 Å². The lowest BCUT2D eigenvalue weighted by molar-refractivity contribution is 0.437. The highest BCUT2D eigenvalue weighted by Crippen LogP contribution is 2.26. The third-order valence-electron chi connectivity index (χ3n) is 5.67. The second-order valence-electron chi connectivity index (χ2n) is 7.79. The number of nitrogens with zero attached hydrogens (tertiary/aromatic N) is 3. The van der Waals surface area contributed by atoms with Crippen LogP contribution in [0.15, 0.2) is 110 Å². The van der Waals surface area contributed by atoms with Crippen molar-refractivity contribution in [3.05, 3.63) is 121 Å². The summed E-state index contributed by atoms with van der Waals surface area (Å²) < 4.78 is 1.96. The number of hydrogen-bond acceptors (Lipinski definition) is 3. The van der Waals surface area contributed by atoms with Gasteiger partial charge in [-0.2, -0.15) is 10.2 Å². The summed E-state index contributed by atoms with van der Waals surface area (Å²) in [5.74, 6) is 0. The number of nitrogens with one attached hydrogen (secondary N) is 2. The normalized spacial score (nSPS) is 12.0. The first kappa shape index (κ1) is 20.0. The van der Waals surface area contributed by atoms with Crippen molar-refractivity contribution in [3.63, 3.8) is 0 Å². The van der Waals surface area contributed by atoms with Crippen molar-refractivity contribution in [1.82, 2.24) is 25.3 Å². The molecule has 0 unspecified atom stereocenters. The van der Waals surface area contributed by atoms with Crippen molar-refractivity contribution in [2.45, 2.75) is 19.1 Å². The summed E-state index contributed by atoms with van der Waals surface area (Å²) in [5, 5.41) is 15.6. The van der Waals surface area contributed by atoms with Gasteiger partial charge in [-0.1, -0.05) is 84.9 Å². The van der Waals surface area contributed by atoms with Gasteiger partial charge in [-0.3, -0.25) is 9.78 Å². The minimum Gasteiger partial charge on any atom is -0.304 e. The molecule has 5 aromatic rings. The van der Waals surface area contributed by atoms with Gasteiger partial charge in [-0.25, -0.2) is 0 Å². The van der Waals surface area contributed by atoms with Crippen LogP contribution < -0.4 is 5.32 Å². The van der Waals surface area contributed by atoms with Crippen LogP contribution in [0.3, 0.4) is 0 Å². The van der Waals surface area contributed by atoms with E-state index >= 15 is 0 Å². The number of rotatable bonds is 8. The summed E-state index contributed by atoms with van der Waals surface area (Å²) in [6.45, 7) is 1.46. The van der Waals surface area contributed by atoms with Gasteiger partial charge in [0, 0.05) is 24.5 Å².